The summed E-state index contributed by atoms with van der Waals surface area (Å²) in [5.74, 6) is -0.201. The number of aromatic hydroxyl groups is 1. The van der Waals surface area contributed by atoms with Crippen LogP contribution in [-0.2, 0) is 31.4 Å². The number of hydrogen-bond donors (Lipinski definition) is 3. The van der Waals surface area contributed by atoms with Crippen molar-refractivity contribution in [2.45, 2.75) is 109 Å². The third-order valence-corrected chi connectivity index (χ3v) is 6.49. The van der Waals surface area contributed by atoms with Gasteiger partial charge in [-0.15, -0.1) is 0 Å². The van der Waals surface area contributed by atoms with Gasteiger partial charge in [-0.25, -0.2) is 4.18 Å². The van der Waals surface area contributed by atoms with Gasteiger partial charge in [0.05, 0.1) is 6.10 Å². The third-order valence-electron chi connectivity index (χ3n) is 5.51. The molecule has 0 saturated carbocycles. The molecule has 0 aliphatic carbocycles. The predicted molar refractivity (Wildman–Crippen MR) is 131 cm³/mol. The van der Waals surface area contributed by atoms with Crippen LogP contribution in [0.3, 0.4) is 0 Å². The summed E-state index contributed by atoms with van der Waals surface area (Å²) in [6, 6.07) is 4.21. The van der Waals surface area contributed by atoms with E-state index in [-0.39, 0.29) is 11.5 Å². The zero-order valence-corrected chi connectivity index (χ0v) is 21.7. The van der Waals surface area contributed by atoms with Crippen molar-refractivity contribution >= 4 is 20.8 Å². The van der Waals surface area contributed by atoms with Crippen molar-refractivity contribution in [2.75, 3.05) is 0 Å². The summed E-state index contributed by atoms with van der Waals surface area (Å²) >= 11 is 0. The lowest BCUT2D eigenvalue weighted by Gasteiger charge is -2.09. The molecule has 1 rings (SSSR count). The summed E-state index contributed by atoms with van der Waals surface area (Å²) in [5, 5.41) is 9.67. The van der Waals surface area contributed by atoms with Crippen LogP contribution in [0.4, 0.5) is 0 Å². The molecule has 1 atom stereocenters. The number of phenolic OH excluding ortho intramolecular Hbond substituents is 1. The Bertz CT molecular complexity index is 899. The van der Waals surface area contributed by atoms with Crippen LogP contribution < -0.4 is 4.18 Å². The zero-order chi connectivity index (χ0) is 25.5. The number of hydrogen-bond acceptors (Lipinski definition) is 7. The molecule has 11 heteroatoms. The second-order valence-corrected chi connectivity index (χ2v) is 10.9. The first-order valence-electron chi connectivity index (χ1n) is 12.1. The normalized spacial score (nSPS) is 13.1. The van der Waals surface area contributed by atoms with E-state index in [0.717, 1.165) is 50.2 Å². The Hall–Kier alpha value is -1.40. The summed E-state index contributed by atoms with van der Waals surface area (Å²) in [4.78, 5) is 0. The van der Waals surface area contributed by atoms with Gasteiger partial charge in [0.1, 0.15) is 11.5 Å². The van der Waals surface area contributed by atoms with E-state index in [1.165, 1.54) is 51.0 Å². The van der Waals surface area contributed by atoms with Crippen LogP contribution in [0.25, 0.3) is 0 Å². The van der Waals surface area contributed by atoms with Gasteiger partial charge < -0.3 is 9.29 Å². The maximum Gasteiger partial charge on any atom is 0.446 e. The maximum absolute atomic E-state index is 10.8. The molecule has 0 aliphatic rings. The summed E-state index contributed by atoms with van der Waals surface area (Å²) in [6.07, 6.45) is 15.5. The van der Waals surface area contributed by atoms with Gasteiger partial charge in [0.2, 0.25) is 0 Å². The van der Waals surface area contributed by atoms with Gasteiger partial charge in [0.15, 0.2) is 0 Å². The van der Waals surface area contributed by atoms with Gasteiger partial charge in [0, 0.05) is 6.07 Å². The van der Waals surface area contributed by atoms with E-state index >= 15 is 0 Å². The van der Waals surface area contributed by atoms with Crippen molar-refractivity contribution in [2.24, 2.45) is 0 Å². The SMILES string of the molecule is CC(CCCCCCCCCCCCCCCc1cc(O)cc(OS(=O)(=O)O)c1)OS(=O)(=O)O. The van der Waals surface area contributed by atoms with Gasteiger partial charge in [-0.3, -0.25) is 9.11 Å². The van der Waals surface area contributed by atoms with Crippen LogP contribution in [0.1, 0.15) is 102 Å². The fourth-order valence-electron chi connectivity index (χ4n) is 3.92. The average Bonchev–Trinajstić information content (AvgIpc) is 2.67. The number of aryl methyl sites for hydroxylation is 1. The molecule has 0 aromatic heterocycles. The third kappa shape index (κ3) is 18.0. The van der Waals surface area contributed by atoms with E-state index in [9.17, 15) is 21.9 Å². The second-order valence-electron chi connectivity index (χ2n) is 8.82. The molecule has 1 unspecified atom stereocenters. The Morgan fingerprint density at radius 1 is 0.706 bits per heavy atom. The lowest BCUT2D eigenvalue weighted by atomic mass is 10.0. The van der Waals surface area contributed by atoms with Crippen LogP contribution in [0, 0.1) is 0 Å². The first kappa shape index (κ1) is 30.6. The van der Waals surface area contributed by atoms with E-state index < -0.39 is 26.9 Å². The number of benzene rings is 1. The first-order valence-corrected chi connectivity index (χ1v) is 14.8. The highest BCUT2D eigenvalue weighted by molar-refractivity contribution is 7.81. The quantitative estimate of drug-likeness (QED) is 0.142. The summed E-state index contributed by atoms with van der Waals surface area (Å²) < 4.78 is 69.0. The predicted octanol–water partition coefficient (Wildman–Crippen LogP) is 5.79. The van der Waals surface area contributed by atoms with Crippen LogP contribution in [-0.4, -0.2) is 37.2 Å². The molecular formula is C23H40O9S2. The lowest BCUT2D eigenvalue weighted by Crippen LogP contribution is -2.14. The molecule has 34 heavy (non-hydrogen) atoms. The Balaban J connectivity index is 1.95. The van der Waals surface area contributed by atoms with Crippen molar-refractivity contribution in [1.29, 1.82) is 0 Å². The highest BCUT2D eigenvalue weighted by atomic mass is 32.3. The van der Waals surface area contributed by atoms with E-state index in [1.54, 1.807) is 13.0 Å². The molecule has 198 valence electrons. The molecule has 0 heterocycles. The summed E-state index contributed by atoms with van der Waals surface area (Å²) in [7, 11) is -8.96. The molecule has 0 saturated heterocycles. The van der Waals surface area contributed by atoms with E-state index in [4.69, 9.17) is 9.11 Å². The molecule has 0 radical (unpaired) electrons. The highest BCUT2D eigenvalue weighted by Gasteiger charge is 2.11. The summed E-state index contributed by atoms with van der Waals surface area (Å²) in [6.45, 7) is 1.64. The average molecular weight is 525 g/mol. The van der Waals surface area contributed by atoms with E-state index in [1.807, 2.05) is 0 Å². The van der Waals surface area contributed by atoms with Crippen molar-refractivity contribution in [1.82, 2.24) is 0 Å². The van der Waals surface area contributed by atoms with Crippen molar-refractivity contribution in [3.05, 3.63) is 23.8 Å². The summed E-state index contributed by atoms with van der Waals surface area (Å²) in [5.41, 5.74) is 0.764. The standard InChI is InChI=1S/C23H40O9S2/c1-20(31-33(25,26)27)15-13-11-9-7-5-3-2-4-6-8-10-12-14-16-21-17-22(24)19-23(18-21)32-34(28,29)30/h17-20,24H,2-16H2,1H3,(H,25,26,27)(H,28,29,30). The largest absolute Gasteiger partial charge is 0.508 e. The van der Waals surface area contributed by atoms with Crippen molar-refractivity contribution < 1.29 is 39.4 Å². The molecule has 0 spiro atoms. The minimum Gasteiger partial charge on any atom is -0.508 e. The Morgan fingerprint density at radius 3 is 1.65 bits per heavy atom. The Morgan fingerprint density at radius 2 is 1.18 bits per heavy atom. The number of rotatable bonds is 20. The highest BCUT2D eigenvalue weighted by Crippen LogP contribution is 2.24. The maximum atomic E-state index is 10.8. The topological polar surface area (TPSA) is 147 Å². The van der Waals surface area contributed by atoms with Crippen LogP contribution in [0.15, 0.2) is 18.2 Å². The smallest absolute Gasteiger partial charge is 0.446 e. The molecule has 0 aliphatic heterocycles. The monoisotopic (exact) mass is 524 g/mol. The van der Waals surface area contributed by atoms with Gasteiger partial charge in [0.25, 0.3) is 0 Å². The molecule has 0 amide bonds. The van der Waals surface area contributed by atoms with Gasteiger partial charge in [-0.1, -0.05) is 77.0 Å². The van der Waals surface area contributed by atoms with Crippen LogP contribution >= 0.6 is 0 Å². The molecule has 1 aromatic carbocycles. The molecule has 0 bridgehead atoms. The fraction of sp³-hybridized carbons (Fsp3) is 0.739. The van der Waals surface area contributed by atoms with Gasteiger partial charge in [-0.05, 0) is 43.9 Å². The van der Waals surface area contributed by atoms with Gasteiger partial charge in [-0.2, -0.15) is 16.8 Å². The van der Waals surface area contributed by atoms with E-state index in [0.29, 0.717) is 12.8 Å². The second kappa shape index (κ2) is 16.3. The minimum atomic E-state index is -4.61. The van der Waals surface area contributed by atoms with Crippen molar-refractivity contribution in [3.8, 4) is 11.5 Å². The molecule has 3 N–H and O–H groups in total. The van der Waals surface area contributed by atoms with Crippen LogP contribution in [0.2, 0.25) is 0 Å². The molecular weight excluding hydrogens is 484 g/mol. The first-order chi connectivity index (χ1) is 15.9. The molecule has 0 fully saturated rings. The molecule has 1 aromatic rings. The van der Waals surface area contributed by atoms with Gasteiger partial charge >= 0.3 is 20.8 Å². The Labute approximate surface area is 204 Å². The Kier molecular flexibility index (Phi) is 14.7. The number of phenols is 1. The minimum absolute atomic E-state index is 0.0997. The van der Waals surface area contributed by atoms with Crippen molar-refractivity contribution in [3.63, 3.8) is 0 Å². The molecule has 9 nitrogen and oxygen atoms in total. The fourth-order valence-corrected chi connectivity index (χ4v) is 4.77. The van der Waals surface area contributed by atoms with Crippen LogP contribution in [0.5, 0.6) is 11.5 Å². The van der Waals surface area contributed by atoms with E-state index in [2.05, 4.69) is 8.37 Å². The lowest BCUT2D eigenvalue weighted by molar-refractivity contribution is 0.185. The zero-order valence-electron chi connectivity index (χ0n) is 20.0. The number of unbranched alkanes of at least 4 members (excludes halogenated alkanes) is 12.